The second kappa shape index (κ2) is 12.2. The Morgan fingerprint density at radius 3 is 2.67 bits per heavy atom. The molecule has 0 aromatic heterocycles. The van der Waals surface area contributed by atoms with Gasteiger partial charge in [-0.15, -0.1) is 0 Å². The minimum Gasteiger partial charge on any atom is -0.497 e. The fraction of sp³-hybridized carbons (Fsp3) is 0.714. The second-order valence-electron chi connectivity index (χ2n) is 7.43. The normalized spacial score (nSPS) is 17.0. The van der Waals surface area contributed by atoms with Crippen LogP contribution in [0.4, 0.5) is 0 Å². The molecule has 0 radical (unpaired) electrons. The standard InChI is InChI=1S/C21H37N3O3/c1-4-5-6-9-22-15-18-7-8-20(26-3)14-21(18)27-17-19(25)16-24-12-10-23(2)11-13-24/h7-8,14,19,22,25H,4-6,9-13,15-17H2,1-3H3. The third kappa shape index (κ3) is 8.05. The van der Waals surface area contributed by atoms with Crippen LogP contribution in [0.25, 0.3) is 0 Å². The van der Waals surface area contributed by atoms with E-state index in [9.17, 15) is 5.11 Å². The Morgan fingerprint density at radius 1 is 1.19 bits per heavy atom. The van der Waals surface area contributed by atoms with Gasteiger partial charge in [0.2, 0.25) is 0 Å². The van der Waals surface area contributed by atoms with E-state index in [1.54, 1.807) is 7.11 Å². The average Bonchev–Trinajstić information content (AvgIpc) is 2.68. The summed E-state index contributed by atoms with van der Waals surface area (Å²) in [5.74, 6) is 1.56. The van der Waals surface area contributed by atoms with Crippen molar-refractivity contribution >= 4 is 0 Å². The van der Waals surface area contributed by atoms with Gasteiger partial charge in [0, 0.05) is 50.9 Å². The second-order valence-corrected chi connectivity index (χ2v) is 7.43. The van der Waals surface area contributed by atoms with E-state index in [1.165, 1.54) is 19.3 Å². The summed E-state index contributed by atoms with van der Waals surface area (Å²) in [6, 6.07) is 5.90. The lowest BCUT2D eigenvalue weighted by Gasteiger charge is -2.33. The molecule has 1 atom stereocenters. The summed E-state index contributed by atoms with van der Waals surface area (Å²) < 4.78 is 11.3. The van der Waals surface area contributed by atoms with Crippen LogP contribution in [-0.2, 0) is 6.54 Å². The summed E-state index contributed by atoms with van der Waals surface area (Å²) in [6.07, 6.45) is 3.17. The zero-order valence-corrected chi connectivity index (χ0v) is 17.2. The number of nitrogens with one attached hydrogen (secondary N) is 1. The van der Waals surface area contributed by atoms with Crippen LogP contribution in [0, 0.1) is 0 Å². The highest BCUT2D eigenvalue weighted by Gasteiger charge is 2.18. The lowest BCUT2D eigenvalue weighted by atomic mass is 10.1. The van der Waals surface area contributed by atoms with Gasteiger partial charge in [0.05, 0.1) is 7.11 Å². The van der Waals surface area contributed by atoms with Gasteiger partial charge in [0.15, 0.2) is 0 Å². The Morgan fingerprint density at radius 2 is 1.96 bits per heavy atom. The topological polar surface area (TPSA) is 57.2 Å². The van der Waals surface area contributed by atoms with Crippen LogP contribution < -0.4 is 14.8 Å². The number of ether oxygens (including phenoxy) is 2. The molecular formula is C21H37N3O3. The summed E-state index contributed by atoms with van der Waals surface area (Å²) in [5.41, 5.74) is 1.10. The van der Waals surface area contributed by atoms with Gasteiger partial charge in [0.25, 0.3) is 0 Å². The van der Waals surface area contributed by atoms with Gasteiger partial charge in [-0.3, -0.25) is 4.90 Å². The van der Waals surface area contributed by atoms with Crippen LogP contribution in [0.3, 0.4) is 0 Å². The van der Waals surface area contributed by atoms with Gasteiger partial charge in [0.1, 0.15) is 24.2 Å². The first kappa shape index (κ1) is 22.0. The fourth-order valence-corrected chi connectivity index (χ4v) is 3.23. The van der Waals surface area contributed by atoms with Crippen LogP contribution in [0.5, 0.6) is 11.5 Å². The number of β-amino-alcohol motifs (C(OH)–C–C–N with tert-alkyl or cyclic N) is 1. The first-order chi connectivity index (χ1) is 13.1. The number of unbranched alkanes of at least 4 members (excludes halogenated alkanes) is 2. The van der Waals surface area contributed by atoms with Crippen molar-refractivity contribution in [2.45, 2.75) is 38.8 Å². The molecular weight excluding hydrogens is 342 g/mol. The Kier molecular flexibility index (Phi) is 9.91. The van der Waals surface area contributed by atoms with Crippen LogP contribution in [0.1, 0.15) is 31.7 Å². The molecule has 1 unspecified atom stereocenters. The van der Waals surface area contributed by atoms with Crippen molar-refractivity contribution in [1.29, 1.82) is 0 Å². The maximum absolute atomic E-state index is 10.4. The monoisotopic (exact) mass is 379 g/mol. The molecule has 0 amide bonds. The zero-order chi connectivity index (χ0) is 19.5. The molecule has 154 valence electrons. The SMILES string of the molecule is CCCCCNCc1ccc(OC)cc1OCC(O)CN1CCN(C)CC1. The number of hydrogen-bond acceptors (Lipinski definition) is 6. The highest BCUT2D eigenvalue weighted by atomic mass is 16.5. The number of benzene rings is 1. The van der Waals surface area contributed by atoms with Gasteiger partial charge in [-0.25, -0.2) is 0 Å². The molecule has 27 heavy (non-hydrogen) atoms. The lowest BCUT2D eigenvalue weighted by Crippen LogP contribution is -2.47. The summed E-state index contributed by atoms with van der Waals surface area (Å²) in [4.78, 5) is 4.62. The number of piperazine rings is 1. The third-order valence-corrected chi connectivity index (χ3v) is 5.04. The minimum absolute atomic E-state index is 0.294. The molecule has 6 heteroatoms. The van der Waals surface area contributed by atoms with Gasteiger partial charge in [-0.2, -0.15) is 0 Å². The van der Waals surface area contributed by atoms with Gasteiger partial charge >= 0.3 is 0 Å². The molecule has 2 N–H and O–H groups in total. The third-order valence-electron chi connectivity index (χ3n) is 5.04. The molecule has 2 rings (SSSR count). The van der Waals surface area contributed by atoms with E-state index in [0.717, 1.165) is 56.3 Å². The quantitative estimate of drug-likeness (QED) is 0.542. The Hall–Kier alpha value is -1.34. The first-order valence-corrected chi connectivity index (χ1v) is 10.2. The van der Waals surface area contributed by atoms with Crippen molar-refractivity contribution in [3.63, 3.8) is 0 Å². The molecule has 0 aliphatic carbocycles. The largest absolute Gasteiger partial charge is 0.497 e. The fourth-order valence-electron chi connectivity index (χ4n) is 3.23. The smallest absolute Gasteiger partial charge is 0.127 e. The number of likely N-dealkylation sites (N-methyl/N-ethyl adjacent to an activating group) is 1. The molecule has 0 bridgehead atoms. The van der Waals surface area contributed by atoms with Crippen LogP contribution in [-0.4, -0.2) is 81.0 Å². The van der Waals surface area contributed by atoms with Crippen molar-refractivity contribution in [3.05, 3.63) is 23.8 Å². The number of hydrogen-bond donors (Lipinski definition) is 2. The molecule has 1 aliphatic heterocycles. The molecule has 1 fully saturated rings. The van der Waals surface area contributed by atoms with E-state index in [0.29, 0.717) is 13.2 Å². The van der Waals surface area contributed by atoms with E-state index < -0.39 is 6.10 Å². The molecule has 1 aliphatic rings. The van der Waals surface area contributed by atoms with Crippen molar-refractivity contribution in [1.82, 2.24) is 15.1 Å². The maximum atomic E-state index is 10.4. The maximum Gasteiger partial charge on any atom is 0.127 e. The van der Waals surface area contributed by atoms with Gasteiger partial charge < -0.3 is 24.8 Å². The molecule has 1 heterocycles. The van der Waals surface area contributed by atoms with E-state index in [2.05, 4.69) is 29.1 Å². The van der Waals surface area contributed by atoms with E-state index in [-0.39, 0.29) is 0 Å². The van der Waals surface area contributed by atoms with Gasteiger partial charge in [-0.05, 0) is 26.1 Å². The summed E-state index contributed by atoms with van der Waals surface area (Å²) >= 11 is 0. The minimum atomic E-state index is -0.495. The first-order valence-electron chi connectivity index (χ1n) is 10.2. The number of aliphatic hydroxyl groups is 1. The molecule has 1 aromatic carbocycles. The Labute approximate surface area is 164 Å². The zero-order valence-electron chi connectivity index (χ0n) is 17.2. The molecule has 1 saturated heterocycles. The predicted molar refractivity (Wildman–Crippen MR) is 110 cm³/mol. The number of methoxy groups -OCH3 is 1. The summed E-state index contributed by atoms with van der Waals surface area (Å²) in [5, 5.41) is 13.9. The van der Waals surface area contributed by atoms with Crippen molar-refractivity contribution in [3.8, 4) is 11.5 Å². The van der Waals surface area contributed by atoms with E-state index in [1.807, 2.05) is 18.2 Å². The van der Waals surface area contributed by atoms with Gasteiger partial charge in [-0.1, -0.05) is 25.8 Å². The Bertz CT molecular complexity index is 533. The number of rotatable bonds is 12. The molecule has 0 saturated carbocycles. The predicted octanol–water partition coefficient (Wildman–Crippen LogP) is 1.96. The average molecular weight is 380 g/mol. The van der Waals surface area contributed by atoms with Crippen molar-refractivity contribution in [2.75, 3.05) is 60.0 Å². The molecule has 0 spiro atoms. The Balaban J connectivity index is 1.83. The highest BCUT2D eigenvalue weighted by Crippen LogP contribution is 2.25. The van der Waals surface area contributed by atoms with Crippen molar-refractivity contribution in [2.24, 2.45) is 0 Å². The van der Waals surface area contributed by atoms with Crippen LogP contribution in [0.2, 0.25) is 0 Å². The highest BCUT2D eigenvalue weighted by molar-refractivity contribution is 5.40. The van der Waals surface area contributed by atoms with Crippen LogP contribution >= 0.6 is 0 Å². The van der Waals surface area contributed by atoms with Crippen LogP contribution in [0.15, 0.2) is 18.2 Å². The van der Waals surface area contributed by atoms with Crippen molar-refractivity contribution < 1.29 is 14.6 Å². The van der Waals surface area contributed by atoms with E-state index in [4.69, 9.17) is 9.47 Å². The molecule has 1 aromatic rings. The number of aliphatic hydroxyl groups excluding tert-OH is 1. The summed E-state index contributed by atoms with van der Waals surface area (Å²) in [6.45, 7) is 9.03. The summed E-state index contributed by atoms with van der Waals surface area (Å²) in [7, 11) is 3.79. The van der Waals surface area contributed by atoms with E-state index >= 15 is 0 Å². The molecule has 6 nitrogen and oxygen atoms in total. The number of nitrogens with zero attached hydrogens (tertiary/aromatic N) is 2. The lowest BCUT2D eigenvalue weighted by molar-refractivity contribution is 0.0501.